The predicted molar refractivity (Wildman–Crippen MR) is 82.1 cm³/mol. The number of aromatic nitrogens is 1. The number of hydrogen-bond acceptors (Lipinski definition) is 4. The number of nitrogens with two attached hydrogens (primary N) is 1. The molecule has 2 aromatic rings. The zero-order chi connectivity index (χ0) is 14.0. The highest BCUT2D eigenvalue weighted by Crippen LogP contribution is 2.20. The van der Waals surface area contributed by atoms with E-state index in [1.807, 2.05) is 32.9 Å². The first kappa shape index (κ1) is 16.5. The maximum absolute atomic E-state index is 11.9. The third-order valence-electron chi connectivity index (χ3n) is 3.20. The SMILES string of the molecule is CCc1nc2cc(NC(=O)C(C)C(C)N)ccc2o1.Cl. The van der Waals surface area contributed by atoms with Crippen LogP contribution in [-0.4, -0.2) is 16.9 Å². The zero-order valence-electron chi connectivity index (χ0n) is 11.8. The quantitative estimate of drug-likeness (QED) is 0.909. The molecule has 1 aromatic heterocycles. The van der Waals surface area contributed by atoms with Crippen LogP contribution in [-0.2, 0) is 11.2 Å². The molecular formula is C14H20ClN3O2. The minimum absolute atomic E-state index is 0. The van der Waals surface area contributed by atoms with Gasteiger partial charge in [0.25, 0.3) is 0 Å². The Morgan fingerprint density at radius 3 is 2.75 bits per heavy atom. The van der Waals surface area contributed by atoms with E-state index in [2.05, 4.69) is 10.3 Å². The average molecular weight is 298 g/mol. The van der Waals surface area contributed by atoms with Gasteiger partial charge in [0.2, 0.25) is 5.91 Å². The van der Waals surface area contributed by atoms with Gasteiger partial charge >= 0.3 is 0 Å². The van der Waals surface area contributed by atoms with Gasteiger partial charge < -0.3 is 15.5 Å². The molecule has 0 aliphatic rings. The fourth-order valence-electron chi connectivity index (χ4n) is 1.70. The van der Waals surface area contributed by atoms with E-state index < -0.39 is 0 Å². The zero-order valence-corrected chi connectivity index (χ0v) is 12.7. The highest BCUT2D eigenvalue weighted by Gasteiger charge is 2.17. The summed E-state index contributed by atoms with van der Waals surface area (Å²) >= 11 is 0. The van der Waals surface area contributed by atoms with Crippen molar-refractivity contribution in [1.82, 2.24) is 4.98 Å². The van der Waals surface area contributed by atoms with Crippen molar-refractivity contribution in [3.8, 4) is 0 Å². The van der Waals surface area contributed by atoms with E-state index in [0.717, 1.165) is 17.5 Å². The number of benzene rings is 1. The van der Waals surface area contributed by atoms with Gasteiger partial charge in [0.1, 0.15) is 5.52 Å². The summed E-state index contributed by atoms with van der Waals surface area (Å²) in [7, 11) is 0. The average Bonchev–Trinajstić information content (AvgIpc) is 2.79. The van der Waals surface area contributed by atoms with Crippen molar-refractivity contribution in [2.45, 2.75) is 33.2 Å². The van der Waals surface area contributed by atoms with Gasteiger partial charge in [0, 0.05) is 18.2 Å². The van der Waals surface area contributed by atoms with Crippen LogP contribution in [0.4, 0.5) is 5.69 Å². The number of fused-ring (bicyclic) bond motifs is 1. The third-order valence-corrected chi connectivity index (χ3v) is 3.20. The van der Waals surface area contributed by atoms with Gasteiger partial charge in [0.15, 0.2) is 11.5 Å². The molecule has 0 aliphatic carbocycles. The Balaban J connectivity index is 0.00000200. The number of carbonyl (C=O) groups excluding carboxylic acids is 1. The van der Waals surface area contributed by atoms with E-state index in [1.165, 1.54) is 0 Å². The minimum Gasteiger partial charge on any atom is -0.441 e. The molecule has 20 heavy (non-hydrogen) atoms. The van der Waals surface area contributed by atoms with Crippen molar-refractivity contribution >= 4 is 35.1 Å². The van der Waals surface area contributed by atoms with Crippen LogP contribution < -0.4 is 11.1 Å². The van der Waals surface area contributed by atoms with Crippen LogP contribution in [0.1, 0.15) is 26.7 Å². The first-order valence-corrected chi connectivity index (χ1v) is 6.47. The number of hydrogen-bond donors (Lipinski definition) is 2. The van der Waals surface area contributed by atoms with Gasteiger partial charge in [-0.1, -0.05) is 13.8 Å². The number of anilines is 1. The van der Waals surface area contributed by atoms with Crippen molar-refractivity contribution in [1.29, 1.82) is 0 Å². The Kier molecular flexibility index (Phi) is 5.53. The topological polar surface area (TPSA) is 81.2 Å². The second-order valence-corrected chi connectivity index (χ2v) is 4.78. The fraction of sp³-hybridized carbons (Fsp3) is 0.429. The molecule has 0 fully saturated rings. The van der Waals surface area contributed by atoms with Crippen LogP contribution in [0, 0.1) is 5.92 Å². The second-order valence-electron chi connectivity index (χ2n) is 4.78. The number of carbonyl (C=O) groups is 1. The Morgan fingerprint density at radius 1 is 1.45 bits per heavy atom. The maximum Gasteiger partial charge on any atom is 0.228 e. The summed E-state index contributed by atoms with van der Waals surface area (Å²) in [5.74, 6) is 0.371. The Morgan fingerprint density at radius 2 is 2.15 bits per heavy atom. The summed E-state index contributed by atoms with van der Waals surface area (Å²) in [5.41, 5.74) is 7.91. The van der Waals surface area contributed by atoms with Crippen molar-refractivity contribution in [3.63, 3.8) is 0 Å². The lowest BCUT2D eigenvalue weighted by Gasteiger charge is -2.15. The number of halogens is 1. The summed E-state index contributed by atoms with van der Waals surface area (Å²) < 4.78 is 5.52. The van der Waals surface area contributed by atoms with Crippen molar-refractivity contribution < 1.29 is 9.21 Å². The van der Waals surface area contributed by atoms with Crippen molar-refractivity contribution in [2.24, 2.45) is 11.7 Å². The van der Waals surface area contributed by atoms with E-state index in [9.17, 15) is 4.79 Å². The first-order chi connectivity index (χ1) is 9.01. The molecule has 110 valence electrons. The maximum atomic E-state index is 11.9. The van der Waals surface area contributed by atoms with Gasteiger partial charge in [-0.3, -0.25) is 4.79 Å². The molecule has 2 unspecified atom stereocenters. The standard InChI is InChI=1S/C14H19N3O2.ClH/c1-4-13-17-11-7-10(5-6-12(11)19-13)16-14(18)8(2)9(3)15;/h5-9H,4,15H2,1-3H3,(H,16,18);1H. The highest BCUT2D eigenvalue weighted by atomic mass is 35.5. The number of aryl methyl sites for hydroxylation is 1. The molecule has 0 radical (unpaired) electrons. The van der Waals surface area contributed by atoms with Crippen LogP contribution in [0.25, 0.3) is 11.1 Å². The van der Waals surface area contributed by atoms with Gasteiger partial charge in [-0.25, -0.2) is 4.98 Å². The molecule has 0 spiro atoms. The number of amides is 1. The van der Waals surface area contributed by atoms with E-state index in [-0.39, 0.29) is 30.3 Å². The van der Waals surface area contributed by atoms with E-state index in [0.29, 0.717) is 11.6 Å². The van der Waals surface area contributed by atoms with Gasteiger partial charge in [0.05, 0.1) is 5.92 Å². The summed E-state index contributed by atoms with van der Waals surface area (Å²) in [6, 6.07) is 5.25. The Hall–Kier alpha value is -1.59. The molecule has 3 N–H and O–H groups in total. The van der Waals surface area contributed by atoms with Crippen molar-refractivity contribution in [3.05, 3.63) is 24.1 Å². The van der Waals surface area contributed by atoms with Gasteiger partial charge in [-0.2, -0.15) is 0 Å². The molecule has 0 aliphatic heterocycles. The molecule has 1 heterocycles. The predicted octanol–water partition coefficient (Wildman–Crippen LogP) is 2.73. The molecule has 1 aromatic carbocycles. The lowest BCUT2D eigenvalue weighted by Crippen LogP contribution is -2.34. The third kappa shape index (κ3) is 3.49. The summed E-state index contributed by atoms with van der Waals surface area (Å²) in [6.45, 7) is 5.61. The number of oxazole rings is 1. The van der Waals surface area contributed by atoms with Gasteiger partial charge in [-0.05, 0) is 25.1 Å². The fourth-order valence-corrected chi connectivity index (χ4v) is 1.70. The molecule has 0 bridgehead atoms. The number of nitrogens with zero attached hydrogens (tertiary/aromatic N) is 1. The lowest BCUT2D eigenvalue weighted by atomic mass is 10.0. The van der Waals surface area contributed by atoms with E-state index in [4.69, 9.17) is 10.2 Å². The Bertz CT molecular complexity index is 595. The molecule has 0 saturated carbocycles. The van der Waals surface area contributed by atoms with Crippen molar-refractivity contribution in [2.75, 3.05) is 5.32 Å². The molecule has 5 nitrogen and oxygen atoms in total. The first-order valence-electron chi connectivity index (χ1n) is 6.47. The molecule has 0 saturated heterocycles. The van der Waals surface area contributed by atoms with E-state index in [1.54, 1.807) is 6.07 Å². The molecule has 2 rings (SSSR count). The largest absolute Gasteiger partial charge is 0.441 e. The monoisotopic (exact) mass is 297 g/mol. The molecule has 1 amide bonds. The van der Waals surface area contributed by atoms with Crippen LogP contribution in [0.15, 0.2) is 22.6 Å². The van der Waals surface area contributed by atoms with Gasteiger partial charge in [-0.15, -0.1) is 12.4 Å². The summed E-state index contributed by atoms with van der Waals surface area (Å²) in [5, 5.41) is 2.84. The van der Waals surface area contributed by atoms with Crippen LogP contribution in [0.2, 0.25) is 0 Å². The molecule has 6 heteroatoms. The Labute approximate surface area is 124 Å². The number of nitrogens with one attached hydrogen (secondary N) is 1. The highest BCUT2D eigenvalue weighted by molar-refractivity contribution is 5.94. The van der Waals surface area contributed by atoms with Crippen LogP contribution in [0.5, 0.6) is 0 Å². The lowest BCUT2D eigenvalue weighted by molar-refractivity contribution is -0.119. The van der Waals surface area contributed by atoms with Crippen LogP contribution >= 0.6 is 12.4 Å². The second kappa shape index (κ2) is 6.72. The molecular weight excluding hydrogens is 278 g/mol. The van der Waals surface area contributed by atoms with E-state index >= 15 is 0 Å². The number of rotatable bonds is 4. The summed E-state index contributed by atoms with van der Waals surface area (Å²) in [4.78, 5) is 16.3. The van der Waals surface area contributed by atoms with Crippen LogP contribution in [0.3, 0.4) is 0 Å². The summed E-state index contributed by atoms with van der Waals surface area (Å²) in [6.07, 6.45) is 0.748. The smallest absolute Gasteiger partial charge is 0.228 e. The minimum atomic E-state index is -0.237. The normalized spacial score (nSPS) is 13.6. The molecule has 2 atom stereocenters.